The SMILES string of the molecule is CCC(N1C(=O)c2ccccc2C1=O)n1cccc1. The van der Waals surface area contributed by atoms with Gasteiger partial charge in [0.05, 0.1) is 11.1 Å². The van der Waals surface area contributed by atoms with Crippen molar-refractivity contribution in [3.8, 4) is 0 Å². The van der Waals surface area contributed by atoms with Gasteiger partial charge in [0, 0.05) is 12.4 Å². The van der Waals surface area contributed by atoms with Gasteiger partial charge in [-0.1, -0.05) is 19.1 Å². The van der Waals surface area contributed by atoms with Gasteiger partial charge in [-0.2, -0.15) is 0 Å². The number of carbonyl (C=O) groups is 2. The summed E-state index contributed by atoms with van der Waals surface area (Å²) in [6.45, 7) is 1.97. The number of fused-ring (bicyclic) bond motifs is 1. The number of hydrogen-bond acceptors (Lipinski definition) is 2. The number of benzene rings is 1. The van der Waals surface area contributed by atoms with Gasteiger partial charge in [-0.3, -0.25) is 14.5 Å². The molecule has 2 amide bonds. The fourth-order valence-corrected chi connectivity index (χ4v) is 2.55. The topological polar surface area (TPSA) is 42.3 Å². The monoisotopic (exact) mass is 254 g/mol. The van der Waals surface area contributed by atoms with Crippen LogP contribution in [0.25, 0.3) is 0 Å². The fraction of sp³-hybridized carbons (Fsp3) is 0.200. The summed E-state index contributed by atoms with van der Waals surface area (Å²) in [6.07, 6.45) is 4.16. The predicted molar refractivity (Wildman–Crippen MR) is 70.7 cm³/mol. The molecule has 2 aromatic rings. The van der Waals surface area contributed by atoms with Crippen molar-refractivity contribution in [1.82, 2.24) is 9.47 Å². The van der Waals surface area contributed by atoms with Gasteiger partial charge >= 0.3 is 0 Å². The number of aromatic nitrogens is 1. The molecule has 0 N–H and O–H groups in total. The maximum absolute atomic E-state index is 12.4. The summed E-state index contributed by atoms with van der Waals surface area (Å²) in [5.41, 5.74) is 0.996. The fourth-order valence-electron chi connectivity index (χ4n) is 2.55. The normalized spacial score (nSPS) is 15.7. The van der Waals surface area contributed by atoms with E-state index in [1.807, 2.05) is 36.0 Å². The summed E-state index contributed by atoms with van der Waals surface area (Å²) in [6, 6.07) is 10.8. The quantitative estimate of drug-likeness (QED) is 0.790. The van der Waals surface area contributed by atoms with Crippen LogP contribution in [0.3, 0.4) is 0 Å². The molecule has 3 rings (SSSR count). The summed E-state index contributed by atoms with van der Waals surface area (Å²) in [7, 11) is 0. The van der Waals surface area contributed by atoms with Gasteiger partial charge in [-0.05, 0) is 30.7 Å². The Morgan fingerprint density at radius 2 is 1.47 bits per heavy atom. The van der Waals surface area contributed by atoms with Crippen LogP contribution in [-0.4, -0.2) is 21.3 Å². The zero-order valence-corrected chi connectivity index (χ0v) is 10.6. The number of imide groups is 1. The minimum Gasteiger partial charge on any atom is -0.333 e. The van der Waals surface area contributed by atoms with E-state index in [-0.39, 0.29) is 18.0 Å². The van der Waals surface area contributed by atoms with Gasteiger partial charge in [0.25, 0.3) is 11.8 Å². The Hall–Kier alpha value is -2.36. The van der Waals surface area contributed by atoms with Crippen LogP contribution in [0.15, 0.2) is 48.8 Å². The van der Waals surface area contributed by atoms with E-state index in [2.05, 4.69) is 0 Å². The van der Waals surface area contributed by atoms with Gasteiger partial charge in [-0.15, -0.1) is 0 Å². The van der Waals surface area contributed by atoms with E-state index in [4.69, 9.17) is 0 Å². The largest absolute Gasteiger partial charge is 0.333 e. The third-order valence-electron chi connectivity index (χ3n) is 3.46. The van der Waals surface area contributed by atoms with E-state index in [0.717, 1.165) is 0 Å². The number of rotatable bonds is 3. The second kappa shape index (κ2) is 4.39. The lowest BCUT2D eigenvalue weighted by Gasteiger charge is -2.26. The van der Waals surface area contributed by atoms with Crippen LogP contribution in [-0.2, 0) is 0 Å². The summed E-state index contributed by atoms with van der Waals surface area (Å²) < 4.78 is 1.89. The molecule has 4 nitrogen and oxygen atoms in total. The van der Waals surface area contributed by atoms with E-state index < -0.39 is 0 Å². The number of hydrogen-bond donors (Lipinski definition) is 0. The van der Waals surface area contributed by atoms with E-state index in [1.54, 1.807) is 24.3 Å². The molecule has 0 saturated heterocycles. The van der Waals surface area contributed by atoms with Crippen molar-refractivity contribution in [1.29, 1.82) is 0 Å². The zero-order valence-electron chi connectivity index (χ0n) is 10.6. The van der Waals surface area contributed by atoms with Crippen molar-refractivity contribution < 1.29 is 9.59 Å². The van der Waals surface area contributed by atoms with Crippen LogP contribution in [0.5, 0.6) is 0 Å². The van der Waals surface area contributed by atoms with E-state index in [1.165, 1.54) is 4.90 Å². The molecule has 0 bridgehead atoms. The van der Waals surface area contributed by atoms with Crippen molar-refractivity contribution in [2.75, 3.05) is 0 Å². The van der Waals surface area contributed by atoms with E-state index in [0.29, 0.717) is 17.5 Å². The average Bonchev–Trinajstić information content (AvgIpc) is 3.04. The summed E-state index contributed by atoms with van der Waals surface area (Å²) in [5.74, 6) is -0.415. The maximum Gasteiger partial charge on any atom is 0.263 e. The second-order valence-corrected chi connectivity index (χ2v) is 4.55. The highest BCUT2D eigenvalue weighted by Gasteiger charge is 2.39. The molecule has 1 unspecified atom stereocenters. The molecule has 0 aliphatic carbocycles. The molecule has 2 heterocycles. The van der Waals surface area contributed by atoms with Crippen LogP contribution in [0.2, 0.25) is 0 Å². The van der Waals surface area contributed by atoms with Gasteiger partial charge < -0.3 is 4.57 Å². The lowest BCUT2D eigenvalue weighted by Crippen LogP contribution is -2.36. The Kier molecular flexibility index (Phi) is 2.71. The van der Waals surface area contributed by atoms with E-state index >= 15 is 0 Å². The third-order valence-corrected chi connectivity index (χ3v) is 3.46. The number of carbonyl (C=O) groups excluding carboxylic acids is 2. The Morgan fingerprint density at radius 3 is 1.95 bits per heavy atom. The predicted octanol–water partition coefficient (Wildman–Crippen LogP) is 2.69. The van der Waals surface area contributed by atoms with Gasteiger partial charge in [0.2, 0.25) is 0 Å². The molecule has 0 radical (unpaired) electrons. The van der Waals surface area contributed by atoms with Crippen LogP contribution >= 0.6 is 0 Å². The van der Waals surface area contributed by atoms with Gasteiger partial charge in [0.15, 0.2) is 0 Å². The van der Waals surface area contributed by atoms with Crippen molar-refractivity contribution in [2.45, 2.75) is 19.5 Å². The highest BCUT2D eigenvalue weighted by atomic mass is 16.2. The first-order chi connectivity index (χ1) is 9.24. The Labute approximate surface area is 111 Å². The highest BCUT2D eigenvalue weighted by Crippen LogP contribution is 2.29. The third kappa shape index (κ3) is 1.68. The summed E-state index contributed by atoms with van der Waals surface area (Å²) in [5, 5.41) is 0. The number of amides is 2. The lowest BCUT2D eigenvalue weighted by atomic mass is 10.1. The van der Waals surface area contributed by atoms with Gasteiger partial charge in [0.1, 0.15) is 6.17 Å². The van der Waals surface area contributed by atoms with Crippen molar-refractivity contribution in [2.24, 2.45) is 0 Å². The van der Waals surface area contributed by atoms with Gasteiger partial charge in [-0.25, -0.2) is 0 Å². The highest BCUT2D eigenvalue weighted by molar-refractivity contribution is 6.21. The van der Waals surface area contributed by atoms with Crippen LogP contribution in [0.4, 0.5) is 0 Å². The zero-order chi connectivity index (χ0) is 13.4. The molecular weight excluding hydrogens is 240 g/mol. The molecule has 1 atom stereocenters. The van der Waals surface area contributed by atoms with Crippen LogP contribution < -0.4 is 0 Å². The molecule has 4 heteroatoms. The molecule has 1 aliphatic rings. The lowest BCUT2D eigenvalue weighted by molar-refractivity contribution is 0.0507. The van der Waals surface area contributed by atoms with Crippen molar-refractivity contribution in [3.63, 3.8) is 0 Å². The number of nitrogens with zero attached hydrogens (tertiary/aromatic N) is 2. The summed E-state index contributed by atoms with van der Waals surface area (Å²) in [4.78, 5) is 26.1. The molecule has 0 fully saturated rings. The molecule has 1 aliphatic heterocycles. The van der Waals surface area contributed by atoms with Crippen LogP contribution in [0, 0.1) is 0 Å². The molecule has 0 spiro atoms. The van der Waals surface area contributed by atoms with E-state index in [9.17, 15) is 9.59 Å². The first-order valence-corrected chi connectivity index (χ1v) is 6.33. The molecular formula is C15H14N2O2. The molecule has 1 aromatic heterocycles. The minimum atomic E-state index is -0.262. The minimum absolute atomic E-state index is 0.207. The Balaban J connectivity index is 2.04. The second-order valence-electron chi connectivity index (χ2n) is 4.55. The van der Waals surface area contributed by atoms with Crippen molar-refractivity contribution >= 4 is 11.8 Å². The maximum atomic E-state index is 12.4. The average molecular weight is 254 g/mol. The molecule has 0 saturated carbocycles. The Bertz CT molecular complexity index is 596. The first kappa shape index (κ1) is 11.7. The van der Waals surface area contributed by atoms with Crippen molar-refractivity contribution in [3.05, 3.63) is 59.9 Å². The van der Waals surface area contributed by atoms with Crippen LogP contribution in [0.1, 0.15) is 40.2 Å². The molecule has 96 valence electrons. The Morgan fingerprint density at radius 1 is 0.947 bits per heavy atom. The molecule has 1 aromatic carbocycles. The smallest absolute Gasteiger partial charge is 0.263 e. The standard InChI is InChI=1S/C15H14N2O2/c1-2-13(16-9-5-6-10-16)17-14(18)11-7-3-4-8-12(11)15(17)19/h3-10,13H,2H2,1H3. The summed E-state index contributed by atoms with van der Waals surface area (Å²) >= 11 is 0. The first-order valence-electron chi connectivity index (χ1n) is 6.33. The molecule has 19 heavy (non-hydrogen) atoms.